The molecule has 0 aliphatic carbocycles. The summed E-state index contributed by atoms with van der Waals surface area (Å²) >= 11 is 0. The van der Waals surface area contributed by atoms with Gasteiger partial charge in [-0.2, -0.15) is 4.31 Å². The van der Waals surface area contributed by atoms with Gasteiger partial charge >= 0.3 is 5.69 Å². The standard InChI is InChI=1S/C15H22N4O3S/c1-12(2)7-11-19-15(20)18-10-5-6-13(14(18)16-19)23(21,22)17-8-3-4-9-17/h5-6,10,12H,3-4,7-9,11H2,1-2H3. The molecule has 23 heavy (non-hydrogen) atoms. The van der Waals surface area contributed by atoms with Crippen molar-refractivity contribution < 1.29 is 8.42 Å². The van der Waals surface area contributed by atoms with Crippen molar-refractivity contribution in [2.24, 2.45) is 5.92 Å². The second-order valence-corrected chi connectivity index (χ2v) is 8.27. The maximum absolute atomic E-state index is 12.8. The maximum Gasteiger partial charge on any atom is 0.350 e. The molecule has 0 saturated carbocycles. The van der Waals surface area contributed by atoms with Gasteiger partial charge in [0, 0.05) is 25.8 Å². The van der Waals surface area contributed by atoms with E-state index >= 15 is 0 Å². The summed E-state index contributed by atoms with van der Waals surface area (Å²) in [5.74, 6) is 0.444. The Bertz CT molecular complexity index is 860. The number of nitrogens with zero attached hydrogens (tertiary/aromatic N) is 4. The number of sulfonamides is 1. The Morgan fingerprint density at radius 1 is 1.26 bits per heavy atom. The van der Waals surface area contributed by atoms with E-state index < -0.39 is 10.0 Å². The normalized spacial score (nSPS) is 16.7. The van der Waals surface area contributed by atoms with Gasteiger partial charge in [0.25, 0.3) is 0 Å². The van der Waals surface area contributed by atoms with Gasteiger partial charge in [-0.3, -0.25) is 0 Å². The van der Waals surface area contributed by atoms with Crippen LogP contribution in [0.3, 0.4) is 0 Å². The van der Waals surface area contributed by atoms with Crippen molar-refractivity contribution in [2.45, 2.75) is 44.6 Å². The minimum Gasteiger partial charge on any atom is -0.249 e. The fourth-order valence-electron chi connectivity index (χ4n) is 2.81. The van der Waals surface area contributed by atoms with Crippen LogP contribution in [0.1, 0.15) is 33.1 Å². The molecule has 7 nitrogen and oxygen atoms in total. The van der Waals surface area contributed by atoms with E-state index in [0.717, 1.165) is 19.3 Å². The molecule has 2 aromatic rings. The number of hydrogen-bond acceptors (Lipinski definition) is 4. The van der Waals surface area contributed by atoms with Crippen LogP contribution in [0, 0.1) is 5.92 Å². The average Bonchev–Trinajstić information content (AvgIpc) is 3.14. The van der Waals surface area contributed by atoms with Gasteiger partial charge in [-0.1, -0.05) is 13.8 Å². The number of aryl methyl sites for hydroxylation is 1. The fraction of sp³-hybridized carbons (Fsp3) is 0.600. The maximum atomic E-state index is 12.8. The van der Waals surface area contributed by atoms with Crippen molar-refractivity contribution in [1.29, 1.82) is 0 Å². The number of pyridine rings is 1. The summed E-state index contributed by atoms with van der Waals surface area (Å²) in [6, 6.07) is 3.12. The molecule has 126 valence electrons. The monoisotopic (exact) mass is 338 g/mol. The number of rotatable bonds is 5. The second kappa shape index (κ2) is 6.09. The van der Waals surface area contributed by atoms with Crippen LogP contribution >= 0.6 is 0 Å². The van der Waals surface area contributed by atoms with E-state index in [-0.39, 0.29) is 16.2 Å². The van der Waals surface area contributed by atoms with Gasteiger partial charge in [0.05, 0.1) is 0 Å². The molecule has 1 aliphatic rings. The van der Waals surface area contributed by atoms with Crippen LogP contribution in [0.4, 0.5) is 0 Å². The Morgan fingerprint density at radius 3 is 2.61 bits per heavy atom. The van der Waals surface area contributed by atoms with Crippen LogP contribution in [0.5, 0.6) is 0 Å². The molecule has 0 unspecified atom stereocenters. The van der Waals surface area contributed by atoms with E-state index in [1.54, 1.807) is 12.3 Å². The summed E-state index contributed by atoms with van der Waals surface area (Å²) in [6.07, 6.45) is 4.13. The van der Waals surface area contributed by atoms with Crippen LogP contribution in [-0.4, -0.2) is 40.0 Å². The highest BCUT2D eigenvalue weighted by Gasteiger charge is 2.30. The number of fused-ring (bicyclic) bond motifs is 1. The van der Waals surface area contributed by atoms with Crippen molar-refractivity contribution in [3.8, 4) is 0 Å². The Kier molecular flexibility index (Phi) is 4.29. The molecular weight excluding hydrogens is 316 g/mol. The van der Waals surface area contributed by atoms with E-state index in [1.807, 2.05) is 0 Å². The second-order valence-electron chi connectivity index (χ2n) is 6.37. The molecule has 1 saturated heterocycles. The molecule has 1 fully saturated rings. The van der Waals surface area contributed by atoms with E-state index in [2.05, 4.69) is 18.9 Å². The first-order chi connectivity index (χ1) is 10.9. The third-order valence-electron chi connectivity index (χ3n) is 4.17. The summed E-state index contributed by atoms with van der Waals surface area (Å²) in [5.41, 5.74) is -0.0766. The lowest BCUT2D eigenvalue weighted by Gasteiger charge is -2.15. The van der Waals surface area contributed by atoms with Crippen molar-refractivity contribution in [3.63, 3.8) is 0 Å². The summed E-state index contributed by atoms with van der Waals surface area (Å²) < 4.78 is 29.7. The van der Waals surface area contributed by atoms with Gasteiger partial charge in [-0.15, -0.1) is 5.10 Å². The molecule has 3 rings (SSSR count). The minimum absolute atomic E-state index is 0.113. The predicted molar refractivity (Wildman–Crippen MR) is 86.9 cm³/mol. The Hall–Kier alpha value is -1.67. The molecule has 1 aliphatic heterocycles. The molecule has 0 aromatic carbocycles. The summed E-state index contributed by atoms with van der Waals surface area (Å²) in [7, 11) is -3.60. The SMILES string of the molecule is CC(C)CCn1nc2c(S(=O)(=O)N3CCCC3)cccn2c1=O. The smallest absolute Gasteiger partial charge is 0.249 e. The van der Waals surface area contributed by atoms with Crippen LogP contribution in [-0.2, 0) is 16.6 Å². The summed E-state index contributed by atoms with van der Waals surface area (Å²) in [5, 5.41) is 4.28. The molecule has 3 heterocycles. The average molecular weight is 338 g/mol. The first-order valence-corrected chi connectivity index (χ1v) is 9.43. The van der Waals surface area contributed by atoms with Crippen molar-refractivity contribution >= 4 is 15.7 Å². The summed E-state index contributed by atoms with van der Waals surface area (Å²) in [4.78, 5) is 12.5. The molecule has 0 bridgehead atoms. The van der Waals surface area contributed by atoms with Crippen LogP contribution in [0.25, 0.3) is 5.65 Å². The number of aromatic nitrogens is 3. The van der Waals surface area contributed by atoms with Crippen molar-refractivity contribution in [3.05, 3.63) is 28.8 Å². The van der Waals surface area contributed by atoms with Gasteiger partial charge in [0.15, 0.2) is 5.65 Å². The molecule has 8 heteroatoms. The lowest BCUT2D eigenvalue weighted by molar-refractivity contribution is 0.475. The van der Waals surface area contributed by atoms with Crippen molar-refractivity contribution in [2.75, 3.05) is 13.1 Å². The first kappa shape index (κ1) is 16.2. The minimum atomic E-state index is -3.60. The Balaban J connectivity index is 2.08. The zero-order chi connectivity index (χ0) is 16.6. The van der Waals surface area contributed by atoms with Gasteiger partial charge < -0.3 is 0 Å². The van der Waals surface area contributed by atoms with Gasteiger partial charge in [-0.05, 0) is 37.3 Å². The van der Waals surface area contributed by atoms with Gasteiger partial charge in [0.1, 0.15) is 4.90 Å². The number of hydrogen-bond donors (Lipinski definition) is 0. The van der Waals surface area contributed by atoms with Gasteiger partial charge in [0.2, 0.25) is 10.0 Å². The highest BCUT2D eigenvalue weighted by molar-refractivity contribution is 7.89. The Labute approximate surface area is 135 Å². The van der Waals surface area contributed by atoms with E-state index in [1.165, 1.54) is 19.5 Å². The third kappa shape index (κ3) is 2.92. The molecule has 0 N–H and O–H groups in total. The molecule has 0 atom stereocenters. The fourth-order valence-corrected chi connectivity index (χ4v) is 4.45. The topological polar surface area (TPSA) is 76.7 Å². The predicted octanol–water partition coefficient (Wildman–Crippen LogP) is 1.33. The highest BCUT2D eigenvalue weighted by Crippen LogP contribution is 2.23. The lowest BCUT2D eigenvalue weighted by Crippen LogP contribution is -2.28. The summed E-state index contributed by atoms with van der Waals surface area (Å²) in [6.45, 7) is 5.69. The molecule has 0 amide bonds. The largest absolute Gasteiger partial charge is 0.350 e. The molecular formula is C15H22N4O3S. The molecule has 0 radical (unpaired) electrons. The highest BCUT2D eigenvalue weighted by atomic mass is 32.2. The third-order valence-corrected chi connectivity index (χ3v) is 6.09. The van der Waals surface area contributed by atoms with E-state index in [9.17, 15) is 13.2 Å². The Morgan fingerprint density at radius 2 is 1.96 bits per heavy atom. The van der Waals surface area contributed by atoms with E-state index in [0.29, 0.717) is 25.6 Å². The van der Waals surface area contributed by atoms with Crippen molar-refractivity contribution in [1.82, 2.24) is 18.5 Å². The van der Waals surface area contributed by atoms with Crippen LogP contribution in [0.15, 0.2) is 28.0 Å². The van der Waals surface area contributed by atoms with Gasteiger partial charge in [-0.25, -0.2) is 22.3 Å². The lowest BCUT2D eigenvalue weighted by atomic mass is 10.1. The quantitative estimate of drug-likeness (QED) is 0.824. The molecule has 0 spiro atoms. The molecule has 2 aromatic heterocycles. The van der Waals surface area contributed by atoms with E-state index in [4.69, 9.17) is 0 Å². The zero-order valence-corrected chi connectivity index (χ0v) is 14.3. The van der Waals surface area contributed by atoms with Crippen LogP contribution in [0.2, 0.25) is 0 Å². The van der Waals surface area contributed by atoms with Crippen LogP contribution < -0.4 is 5.69 Å². The zero-order valence-electron chi connectivity index (χ0n) is 13.5. The first-order valence-electron chi connectivity index (χ1n) is 7.99.